The van der Waals surface area contributed by atoms with Crippen LogP contribution in [0.4, 0.5) is 11.4 Å². The van der Waals surface area contributed by atoms with Crippen LogP contribution >= 0.6 is 0 Å². The van der Waals surface area contributed by atoms with Crippen molar-refractivity contribution < 1.29 is 9.59 Å². The van der Waals surface area contributed by atoms with Gasteiger partial charge >= 0.3 is 0 Å². The van der Waals surface area contributed by atoms with E-state index < -0.39 is 0 Å². The van der Waals surface area contributed by atoms with Crippen LogP contribution in [-0.4, -0.2) is 18.4 Å². The van der Waals surface area contributed by atoms with Crippen molar-refractivity contribution in [1.29, 1.82) is 0 Å². The molecule has 1 heterocycles. The molecule has 2 amide bonds. The van der Waals surface area contributed by atoms with Crippen LogP contribution in [0.5, 0.6) is 0 Å². The third-order valence-electron chi connectivity index (χ3n) is 5.65. The Hall–Kier alpha value is -3.40. The Morgan fingerprint density at radius 1 is 0.967 bits per heavy atom. The van der Waals surface area contributed by atoms with E-state index in [1.165, 1.54) is 0 Å². The number of para-hydroxylation sites is 1. The smallest absolute Gasteiger partial charge is 0.258 e. The van der Waals surface area contributed by atoms with E-state index in [4.69, 9.17) is 0 Å². The molecule has 0 unspecified atom stereocenters. The number of nitrogens with zero attached hydrogens (tertiary/aromatic N) is 1. The van der Waals surface area contributed by atoms with E-state index in [9.17, 15) is 9.59 Å². The number of hydrogen-bond acceptors (Lipinski definition) is 2. The monoisotopic (exact) mass is 398 g/mol. The van der Waals surface area contributed by atoms with Crippen molar-refractivity contribution in [2.75, 3.05) is 16.8 Å². The first kappa shape index (κ1) is 19.9. The van der Waals surface area contributed by atoms with E-state index in [1.54, 1.807) is 0 Å². The second-order valence-corrected chi connectivity index (χ2v) is 7.73. The number of fused-ring (bicyclic) bond motifs is 1. The molecule has 4 nitrogen and oxygen atoms in total. The van der Waals surface area contributed by atoms with Gasteiger partial charge in [-0.2, -0.15) is 0 Å². The Morgan fingerprint density at radius 3 is 2.47 bits per heavy atom. The standard InChI is InChI=1S/C26H26N2O2/c1-3-19-7-4-5-9-23(19)27-25(29)22-14-15-24-21(17-22)8-6-16-28(24)26(30)20-12-10-18(2)11-13-20/h4-5,7,9-15,17H,3,6,8,16H2,1-2H3,(H,27,29). The molecule has 30 heavy (non-hydrogen) atoms. The van der Waals surface area contributed by atoms with Gasteiger partial charge in [-0.3, -0.25) is 9.59 Å². The van der Waals surface area contributed by atoms with Crippen molar-refractivity contribution in [2.24, 2.45) is 0 Å². The van der Waals surface area contributed by atoms with E-state index in [0.717, 1.165) is 47.3 Å². The van der Waals surface area contributed by atoms with E-state index in [0.29, 0.717) is 17.7 Å². The minimum Gasteiger partial charge on any atom is -0.322 e. The molecule has 4 rings (SSSR count). The number of nitrogens with one attached hydrogen (secondary N) is 1. The highest BCUT2D eigenvalue weighted by Crippen LogP contribution is 2.30. The summed E-state index contributed by atoms with van der Waals surface area (Å²) < 4.78 is 0. The maximum atomic E-state index is 13.1. The Morgan fingerprint density at radius 2 is 1.70 bits per heavy atom. The summed E-state index contributed by atoms with van der Waals surface area (Å²) in [5.74, 6) is -0.120. The van der Waals surface area contributed by atoms with Crippen molar-refractivity contribution in [3.8, 4) is 0 Å². The van der Waals surface area contributed by atoms with Crippen molar-refractivity contribution in [1.82, 2.24) is 0 Å². The van der Waals surface area contributed by atoms with E-state index in [2.05, 4.69) is 12.2 Å². The van der Waals surface area contributed by atoms with Crippen LogP contribution in [0, 0.1) is 6.92 Å². The predicted octanol–water partition coefficient (Wildman–Crippen LogP) is 5.40. The molecule has 0 fully saturated rings. The number of anilines is 2. The lowest BCUT2D eigenvalue weighted by molar-refractivity contribution is 0.0984. The van der Waals surface area contributed by atoms with Gasteiger partial charge in [0.1, 0.15) is 0 Å². The molecule has 3 aromatic carbocycles. The molecular weight excluding hydrogens is 372 g/mol. The van der Waals surface area contributed by atoms with Crippen molar-refractivity contribution in [3.63, 3.8) is 0 Å². The molecule has 4 heteroatoms. The molecule has 152 valence electrons. The lowest BCUT2D eigenvalue weighted by Crippen LogP contribution is -2.35. The largest absolute Gasteiger partial charge is 0.322 e. The lowest BCUT2D eigenvalue weighted by atomic mass is 9.98. The quantitative estimate of drug-likeness (QED) is 0.639. The highest BCUT2D eigenvalue weighted by atomic mass is 16.2. The Labute approximate surface area is 177 Å². The highest BCUT2D eigenvalue weighted by Gasteiger charge is 2.24. The van der Waals surface area contributed by atoms with Crippen molar-refractivity contribution >= 4 is 23.2 Å². The minimum atomic E-state index is -0.124. The summed E-state index contributed by atoms with van der Waals surface area (Å²) in [5, 5.41) is 3.03. The number of amides is 2. The van der Waals surface area contributed by atoms with E-state index in [1.807, 2.05) is 78.6 Å². The summed E-state index contributed by atoms with van der Waals surface area (Å²) in [7, 11) is 0. The molecule has 0 aromatic heterocycles. The van der Waals surface area contributed by atoms with Gasteiger partial charge in [-0.1, -0.05) is 42.8 Å². The highest BCUT2D eigenvalue weighted by molar-refractivity contribution is 6.08. The summed E-state index contributed by atoms with van der Waals surface area (Å²) in [6.07, 6.45) is 2.60. The predicted molar refractivity (Wildman–Crippen MR) is 121 cm³/mol. The summed E-state index contributed by atoms with van der Waals surface area (Å²) in [6.45, 7) is 4.77. The molecule has 1 aliphatic heterocycles. The van der Waals surface area contributed by atoms with Crippen molar-refractivity contribution in [3.05, 3.63) is 94.5 Å². The van der Waals surface area contributed by atoms with E-state index >= 15 is 0 Å². The molecule has 3 aromatic rings. The summed E-state index contributed by atoms with van der Waals surface area (Å²) in [5.41, 5.74) is 6.33. The molecule has 0 radical (unpaired) electrons. The van der Waals surface area contributed by atoms with Gasteiger partial charge in [0.05, 0.1) is 0 Å². The van der Waals surface area contributed by atoms with Gasteiger partial charge in [0.25, 0.3) is 11.8 Å². The Kier molecular flexibility index (Phi) is 5.66. The summed E-state index contributed by atoms with van der Waals surface area (Å²) >= 11 is 0. The van der Waals surface area contributed by atoms with Crippen LogP contribution < -0.4 is 10.2 Å². The lowest BCUT2D eigenvalue weighted by Gasteiger charge is -2.30. The first-order valence-corrected chi connectivity index (χ1v) is 10.5. The molecule has 0 bridgehead atoms. The average Bonchev–Trinajstić information content (AvgIpc) is 2.78. The Balaban J connectivity index is 1.58. The number of carbonyl (C=O) groups is 2. The van der Waals surface area contributed by atoms with E-state index in [-0.39, 0.29) is 11.8 Å². The Bertz CT molecular complexity index is 1090. The van der Waals surface area contributed by atoms with Crippen LogP contribution in [0.3, 0.4) is 0 Å². The maximum Gasteiger partial charge on any atom is 0.258 e. The normalized spacial score (nSPS) is 12.9. The fourth-order valence-electron chi connectivity index (χ4n) is 3.95. The van der Waals surface area contributed by atoms with Crippen LogP contribution in [0.2, 0.25) is 0 Å². The summed E-state index contributed by atoms with van der Waals surface area (Å²) in [4.78, 5) is 27.7. The molecule has 1 aliphatic rings. The third-order valence-corrected chi connectivity index (χ3v) is 5.65. The van der Waals surface area contributed by atoms with Gasteiger partial charge in [0, 0.05) is 29.0 Å². The van der Waals surface area contributed by atoms with Crippen LogP contribution in [0.25, 0.3) is 0 Å². The van der Waals surface area contributed by atoms with Gasteiger partial charge in [0.15, 0.2) is 0 Å². The third kappa shape index (κ3) is 3.99. The molecule has 0 saturated carbocycles. The van der Waals surface area contributed by atoms with Crippen molar-refractivity contribution in [2.45, 2.75) is 33.1 Å². The minimum absolute atomic E-state index is 0.00465. The number of carbonyl (C=O) groups excluding carboxylic acids is 2. The fourth-order valence-corrected chi connectivity index (χ4v) is 3.95. The zero-order valence-electron chi connectivity index (χ0n) is 17.4. The second kappa shape index (κ2) is 8.54. The molecule has 0 aliphatic carbocycles. The molecule has 0 saturated heterocycles. The van der Waals surface area contributed by atoms with Gasteiger partial charge in [-0.25, -0.2) is 0 Å². The summed E-state index contributed by atoms with van der Waals surface area (Å²) in [6, 6.07) is 21.2. The van der Waals surface area contributed by atoms with Gasteiger partial charge in [-0.15, -0.1) is 0 Å². The van der Waals surface area contributed by atoms with Crippen LogP contribution in [0.15, 0.2) is 66.7 Å². The molecule has 1 N–H and O–H groups in total. The average molecular weight is 399 g/mol. The zero-order valence-corrected chi connectivity index (χ0v) is 17.4. The van der Waals surface area contributed by atoms with Gasteiger partial charge in [0.2, 0.25) is 0 Å². The molecule has 0 atom stereocenters. The fraction of sp³-hybridized carbons (Fsp3) is 0.231. The first-order valence-electron chi connectivity index (χ1n) is 10.5. The van der Waals surface area contributed by atoms with Crippen LogP contribution in [-0.2, 0) is 12.8 Å². The number of hydrogen-bond donors (Lipinski definition) is 1. The number of rotatable bonds is 4. The topological polar surface area (TPSA) is 49.4 Å². The maximum absolute atomic E-state index is 13.1. The van der Waals surface area contributed by atoms with Crippen LogP contribution in [0.1, 0.15) is 50.8 Å². The zero-order chi connectivity index (χ0) is 21.1. The van der Waals surface area contributed by atoms with Gasteiger partial charge < -0.3 is 10.2 Å². The number of aryl methyl sites for hydroxylation is 3. The SMILES string of the molecule is CCc1ccccc1NC(=O)c1ccc2c(c1)CCCN2C(=O)c1ccc(C)cc1. The van der Waals surface area contributed by atoms with Gasteiger partial charge in [-0.05, 0) is 73.7 Å². The molecular formula is C26H26N2O2. The second-order valence-electron chi connectivity index (χ2n) is 7.73. The molecule has 0 spiro atoms. The first-order chi connectivity index (χ1) is 14.6. The number of benzene rings is 3.